The number of likely N-dealkylation sites (tertiary alicyclic amines) is 1. The molecule has 1 fully saturated rings. The van der Waals surface area contributed by atoms with Crippen LogP contribution in [0.4, 0.5) is 17.6 Å². The zero-order chi connectivity index (χ0) is 17.0. The van der Waals surface area contributed by atoms with Crippen molar-refractivity contribution in [3.8, 4) is 6.07 Å². The van der Waals surface area contributed by atoms with Crippen LogP contribution in [0.1, 0.15) is 17.9 Å². The van der Waals surface area contributed by atoms with Gasteiger partial charge in [0.05, 0.1) is 12.6 Å². The summed E-state index contributed by atoms with van der Waals surface area (Å²) in [6.45, 7) is 0.736. The van der Waals surface area contributed by atoms with Crippen LogP contribution in [-0.4, -0.2) is 42.7 Å². The minimum absolute atomic E-state index is 0.0779. The molecule has 0 bridgehead atoms. The normalized spacial score (nSPS) is 22.4. The van der Waals surface area contributed by atoms with Crippen molar-refractivity contribution in [3.63, 3.8) is 0 Å². The zero-order valence-corrected chi connectivity index (χ0v) is 12.1. The van der Waals surface area contributed by atoms with E-state index >= 15 is 0 Å². The van der Waals surface area contributed by atoms with Crippen molar-refractivity contribution in [3.05, 3.63) is 35.6 Å². The number of nitrogens with zero attached hydrogens (tertiary/aromatic N) is 2. The Kier molecular flexibility index (Phi) is 5.21. The number of alkyl halides is 3. The Morgan fingerprint density at radius 3 is 2.57 bits per heavy atom. The maximum Gasteiger partial charge on any atom is 0.471 e. The Hall–Kier alpha value is -2.14. The molecule has 0 radical (unpaired) electrons. The third kappa shape index (κ3) is 4.42. The van der Waals surface area contributed by atoms with Gasteiger partial charge in [-0.15, -0.1) is 0 Å². The van der Waals surface area contributed by atoms with Crippen LogP contribution in [0.5, 0.6) is 0 Å². The lowest BCUT2D eigenvalue weighted by molar-refractivity contribution is -0.174. The van der Waals surface area contributed by atoms with Gasteiger partial charge in [-0.3, -0.25) is 9.69 Å². The molecular weight excluding hydrogens is 314 g/mol. The third-order valence-electron chi connectivity index (χ3n) is 3.86. The molecule has 1 N–H and O–H groups in total. The molecule has 1 aliphatic rings. The lowest BCUT2D eigenvalue weighted by Crippen LogP contribution is -2.54. The van der Waals surface area contributed by atoms with E-state index in [1.807, 2.05) is 11.4 Å². The fourth-order valence-electron chi connectivity index (χ4n) is 2.77. The quantitative estimate of drug-likeness (QED) is 0.683. The van der Waals surface area contributed by atoms with Crippen molar-refractivity contribution >= 4 is 5.91 Å². The van der Waals surface area contributed by atoms with Gasteiger partial charge in [0.15, 0.2) is 0 Å². The highest BCUT2D eigenvalue weighted by Gasteiger charge is 2.42. The summed E-state index contributed by atoms with van der Waals surface area (Å²) in [4.78, 5) is 12.9. The Labute approximate surface area is 130 Å². The molecule has 2 atom stereocenters. The summed E-state index contributed by atoms with van der Waals surface area (Å²) in [5.41, 5.74) is 0.662. The van der Waals surface area contributed by atoms with Crippen molar-refractivity contribution < 1.29 is 22.4 Å². The van der Waals surface area contributed by atoms with Crippen LogP contribution in [0.2, 0.25) is 0 Å². The highest BCUT2D eigenvalue weighted by Crippen LogP contribution is 2.29. The Morgan fingerprint density at radius 1 is 1.35 bits per heavy atom. The average Bonchev–Trinajstić information content (AvgIpc) is 2.48. The molecule has 1 saturated heterocycles. The van der Waals surface area contributed by atoms with E-state index in [1.165, 1.54) is 24.3 Å². The fraction of sp³-hybridized carbons (Fsp3) is 0.467. The molecule has 4 nitrogen and oxygen atoms in total. The van der Waals surface area contributed by atoms with Crippen molar-refractivity contribution in [2.45, 2.75) is 24.6 Å². The average molecular weight is 329 g/mol. The van der Waals surface area contributed by atoms with Gasteiger partial charge >= 0.3 is 12.1 Å². The molecule has 1 heterocycles. The number of nitriles is 1. The molecule has 2 rings (SSSR count). The number of hydrogen-bond donors (Lipinski definition) is 1. The first-order valence-corrected chi connectivity index (χ1v) is 7.03. The van der Waals surface area contributed by atoms with E-state index in [0.717, 1.165) is 0 Å². The molecule has 0 spiro atoms. The summed E-state index contributed by atoms with van der Waals surface area (Å²) >= 11 is 0. The first kappa shape index (κ1) is 17.2. The molecule has 0 aliphatic carbocycles. The number of nitrogens with one attached hydrogen (secondary N) is 1. The number of carbonyl (C=O) groups excluding carboxylic acids is 1. The topological polar surface area (TPSA) is 56.1 Å². The molecule has 1 aromatic rings. The van der Waals surface area contributed by atoms with Gasteiger partial charge in [0.2, 0.25) is 0 Å². The van der Waals surface area contributed by atoms with Crippen molar-refractivity contribution in [1.29, 1.82) is 5.26 Å². The fourth-order valence-corrected chi connectivity index (χ4v) is 2.77. The Balaban J connectivity index is 2.19. The summed E-state index contributed by atoms with van der Waals surface area (Å²) in [7, 11) is 0. The zero-order valence-electron chi connectivity index (χ0n) is 12.1. The lowest BCUT2D eigenvalue weighted by atomic mass is 9.85. The monoisotopic (exact) mass is 329 g/mol. The summed E-state index contributed by atoms with van der Waals surface area (Å²) in [5, 5.41) is 10.7. The van der Waals surface area contributed by atoms with Crippen LogP contribution < -0.4 is 5.32 Å². The molecule has 23 heavy (non-hydrogen) atoms. The molecule has 8 heteroatoms. The Bertz CT molecular complexity index is 594. The van der Waals surface area contributed by atoms with Gasteiger partial charge in [-0.05, 0) is 30.7 Å². The summed E-state index contributed by atoms with van der Waals surface area (Å²) in [6, 6.07) is 6.64. The minimum atomic E-state index is -4.97. The second-order valence-electron chi connectivity index (χ2n) is 5.42. The van der Waals surface area contributed by atoms with E-state index in [9.17, 15) is 22.4 Å². The number of piperidine rings is 1. The maximum atomic E-state index is 13.0. The van der Waals surface area contributed by atoms with E-state index in [4.69, 9.17) is 5.26 Å². The van der Waals surface area contributed by atoms with Gasteiger partial charge < -0.3 is 5.32 Å². The molecule has 1 amide bonds. The van der Waals surface area contributed by atoms with E-state index in [1.54, 1.807) is 4.90 Å². The van der Waals surface area contributed by atoms with E-state index in [0.29, 0.717) is 18.5 Å². The number of halogens is 4. The second kappa shape index (κ2) is 6.96. The number of hydrogen-bond acceptors (Lipinski definition) is 3. The third-order valence-corrected chi connectivity index (χ3v) is 3.86. The molecule has 1 aliphatic heterocycles. The predicted octanol–water partition coefficient (Wildman–Crippen LogP) is 2.19. The lowest BCUT2D eigenvalue weighted by Gasteiger charge is -2.38. The number of benzene rings is 1. The number of amides is 1. The first-order chi connectivity index (χ1) is 10.8. The van der Waals surface area contributed by atoms with E-state index < -0.39 is 23.9 Å². The highest BCUT2D eigenvalue weighted by molar-refractivity contribution is 5.82. The highest BCUT2D eigenvalue weighted by atomic mass is 19.4. The van der Waals surface area contributed by atoms with Crippen LogP contribution in [-0.2, 0) is 4.79 Å². The van der Waals surface area contributed by atoms with E-state index in [-0.39, 0.29) is 19.0 Å². The molecule has 124 valence electrons. The standard InChI is InChI=1S/C15H15F4N3O/c16-11-3-1-10(2-4-11)12-5-7-22(8-6-20)9-13(12)21-14(23)15(17,18)19/h1-4,12-13H,5,7-9H2,(H,21,23)/t12-,13-/m1/s1. The largest absolute Gasteiger partial charge is 0.471 e. The first-order valence-electron chi connectivity index (χ1n) is 7.03. The maximum absolute atomic E-state index is 13.0. The van der Waals surface area contributed by atoms with Gasteiger partial charge in [-0.1, -0.05) is 12.1 Å². The summed E-state index contributed by atoms with van der Waals surface area (Å²) in [5.74, 6) is -2.81. The Morgan fingerprint density at radius 2 is 2.00 bits per heavy atom. The van der Waals surface area contributed by atoms with Crippen molar-refractivity contribution in [2.24, 2.45) is 0 Å². The molecule has 0 saturated carbocycles. The van der Waals surface area contributed by atoms with Crippen LogP contribution in [0.25, 0.3) is 0 Å². The number of carbonyl (C=O) groups is 1. The molecule has 1 aromatic carbocycles. The summed E-state index contributed by atoms with van der Waals surface area (Å²) < 4.78 is 50.5. The van der Waals surface area contributed by atoms with Crippen LogP contribution in [0, 0.1) is 17.1 Å². The minimum Gasteiger partial charge on any atom is -0.344 e. The molecule has 0 aromatic heterocycles. The predicted molar refractivity (Wildman–Crippen MR) is 73.8 cm³/mol. The molecular formula is C15H15F4N3O. The van der Waals surface area contributed by atoms with Gasteiger partial charge in [-0.2, -0.15) is 18.4 Å². The number of rotatable bonds is 3. The van der Waals surface area contributed by atoms with Crippen LogP contribution >= 0.6 is 0 Å². The van der Waals surface area contributed by atoms with Gasteiger partial charge in [-0.25, -0.2) is 4.39 Å². The summed E-state index contributed by atoms with van der Waals surface area (Å²) in [6.07, 6.45) is -4.50. The van der Waals surface area contributed by atoms with Crippen molar-refractivity contribution in [1.82, 2.24) is 10.2 Å². The molecule has 0 unspecified atom stereocenters. The van der Waals surface area contributed by atoms with Crippen LogP contribution in [0.15, 0.2) is 24.3 Å². The van der Waals surface area contributed by atoms with E-state index in [2.05, 4.69) is 0 Å². The smallest absolute Gasteiger partial charge is 0.344 e. The van der Waals surface area contributed by atoms with Crippen molar-refractivity contribution in [2.75, 3.05) is 19.6 Å². The SMILES string of the molecule is N#CCN1CC[C@H](c2ccc(F)cc2)[C@H](NC(=O)C(F)(F)F)C1. The second-order valence-corrected chi connectivity index (χ2v) is 5.42. The van der Waals surface area contributed by atoms with Gasteiger partial charge in [0.25, 0.3) is 0 Å². The van der Waals surface area contributed by atoms with Crippen LogP contribution in [0.3, 0.4) is 0 Å². The van der Waals surface area contributed by atoms with Gasteiger partial charge in [0, 0.05) is 18.5 Å². The van der Waals surface area contributed by atoms with Gasteiger partial charge in [0.1, 0.15) is 5.82 Å².